The van der Waals surface area contributed by atoms with Crippen LogP contribution in [0.1, 0.15) is 50.9 Å². The number of aryl methyl sites for hydroxylation is 1. The molecule has 1 aliphatic rings. The molecule has 26 nitrogen and oxygen atoms in total. The average molecular weight is 845 g/mol. The van der Waals surface area contributed by atoms with Gasteiger partial charge in [-0.15, -0.1) is 0 Å². The van der Waals surface area contributed by atoms with E-state index in [0.717, 1.165) is 5.57 Å². The summed E-state index contributed by atoms with van der Waals surface area (Å²) in [5.41, 5.74) is 1.29. The second kappa shape index (κ2) is 22.8. The molecule has 5 atom stereocenters. The van der Waals surface area contributed by atoms with E-state index in [0.29, 0.717) is 17.7 Å². The van der Waals surface area contributed by atoms with Crippen LogP contribution >= 0.6 is 0 Å². The molecule has 1 saturated heterocycles. The fourth-order valence-electron chi connectivity index (χ4n) is 5.00. The Morgan fingerprint density at radius 3 is 1.68 bits per heavy atom. The number of phenols is 2. The number of benzene rings is 1. The number of phenolic OH excluding ortho intramolecular Hbond substituents is 2. The molecule has 59 heavy (non-hydrogen) atoms. The third kappa shape index (κ3) is 16.3. The summed E-state index contributed by atoms with van der Waals surface area (Å²) in [4.78, 5) is 99.2. The third-order valence-electron chi connectivity index (χ3n) is 7.73. The van der Waals surface area contributed by atoms with Crippen LogP contribution in [0.4, 0.5) is 0 Å². The van der Waals surface area contributed by atoms with Crippen LogP contribution in [0.15, 0.2) is 33.0 Å². The van der Waals surface area contributed by atoms with Crippen LogP contribution in [0.2, 0.25) is 0 Å². The lowest BCUT2D eigenvalue weighted by Crippen LogP contribution is -2.62. The summed E-state index contributed by atoms with van der Waals surface area (Å²) >= 11 is 0. The van der Waals surface area contributed by atoms with Gasteiger partial charge in [-0.05, 0) is 27.2 Å². The molecule has 2 aromatic rings. The molecule has 5 unspecified atom stereocenters. The maximum absolute atomic E-state index is 12.3. The van der Waals surface area contributed by atoms with Gasteiger partial charge in [-0.3, -0.25) is 64.4 Å². The van der Waals surface area contributed by atoms with Crippen LogP contribution in [0.5, 0.6) is 11.5 Å². The van der Waals surface area contributed by atoms with E-state index < -0.39 is 133 Å². The molecule has 2 heterocycles. The Hall–Kier alpha value is -6.83. The number of carbonyl (C=O) groups is 4. The minimum atomic E-state index is -2.22. The Kier molecular flexibility index (Phi) is 18.7. The zero-order chi connectivity index (χ0) is 44.6. The summed E-state index contributed by atoms with van der Waals surface area (Å²) in [6, 6.07) is 2.70. The maximum Gasteiger partial charge on any atom is 0.313 e. The normalized spacial score (nSPS) is 18.3. The number of ether oxygens (including phenoxy) is 5. The van der Waals surface area contributed by atoms with Crippen molar-refractivity contribution in [1.82, 2.24) is 0 Å². The molecule has 324 valence electrons. The smallest absolute Gasteiger partial charge is 0.313 e. The Labute approximate surface area is 330 Å². The minimum Gasteiger partial charge on any atom is -0.507 e. The van der Waals surface area contributed by atoms with Crippen LogP contribution in [0.25, 0.3) is 11.0 Å². The van der Waals surface area contributed by atoms with E-state index in [4.69, 9.17) is 28.1 Å². The van der Waals surface area contributed by atoms with Crippen molar-refractivity contribution < 1.29 is 82.3 Å². The van der Waals surface area contributed by atoms with Crippen molar-refractivity contribution in [3.63, 3.8) is 0 Å². The first-order valence-corrected chi connectivity index (χ1v) is 17.3. The molecule has 0 radical (unpaired) electrons. The fraction of sp³-hybridized carbons (Fsp3) is 0.545. The number of rotatable bonds is 19. The molecule has 1 aliphatic heterocycles. The first-order valence-electron chi connectivity index (χ1n) is 17.3. The summed E-state index contributed by atoms with van der Waals surface area (Å²) < 4.78 is 30.4. The van der Waals surface area contributed by atoms with Crippen LogP contribution < -0.4 is 5.43 Å². The fourth-order valence-corrected chi connectivity index (χ4v) is 5.00. The summed E-state index contributed by atoms with van der Waals surface area (Å²) in [7, 11) is 0. The second-order valence-corrected chi connectivity index (χ2v) is 12.6. The van der Waals surface area contributed by atoms with Gasteiger partial charge >= 0.3 is 23.9 Å². The SMILES string of the molecule is CC(C)=CCc1c(O)cc2oc(C)cc(=O)c2c1O.O=C(CC[N+](=O)[O-])OCC1OC(O)C(OC(=O)CC[N+](=O)[O-])C(OC(=O)CC[N+](=O)[O-])C1OC(=O)CC[N+](=O)[O-]. The Morgan fingerprint density at radius 1 is 0.746 bits per heavy atom. The molecule has 0 amide bonds. The molecule has 3 N–H and O–H groups in total. The monoisotopic (exact) mass is 844 g/mol. The lowest BCUT2D eigenvalue weighted by atomic mass is 9.98. The molecule has 0 saturated carbocycles. The van der Waals surface area contributed by atoms with Crippen molar-refractivity contribution in [3.8, 4) is 11.5 Å². The van der Waals surface area contributed by atoms with Crippen molar-refractivity contribution in [3.05, 3.63) is 85.8 Å². The van der Waals surface area contributed by atoms with E-state index in [1.54, 1.807) is 6.92 Å². The lowest BCUT2D eigenvalue weighted by molar-refractivity contribution is -0.479. The molecular formula is C33H40N4O22. The van der Waals surface area contributed by atoms with E-state index in [1.165, 1.54) is 12.1 Å². The zero-order valence-corrected chi connectivity index (χ0v) is 31.6. The zero-order valence-electron chi connectivity index (χ0n) is 31.6. The first kappa shape index (κ1) is 48.3. The van der Waals surface area contributed by atoms with Crippen LogP contribution in [0.3, 0.4) is 0 Å². The molecule has 0 spiro atoms. The molecule has 1 aromatic heterocycles. The van der Waals surface area contributed by atoms with Crippen LogP contribution in [-0.2, 0) is 49.3 Å². The number of nitro groups is 4. The van der Waals surface area contributed by atoms with Gasteiger partial charge in [-0.25, -0.2) is 0 Å². The number of fused-ring (bicyclic) bond motifs is 1. The van der Waals surface area contributed by atoms with Gasteiger partial charge < -0.3 is 43.4 Å². The molecule has 1 fully saturated rings. The van der Waals surface area contributed by atoms with Crippen molar-refractivity contribution in [1.29, 1.82) is 0 Å². The van der Waals surface area contributed by atoms with E-state index >= 15 is 0 Å². The number of esters is 4. The van der Waals surface area contributed by atoms with E-state index in [1.807, 2.05) is 19.9 Å². The summed E-state index contributed by atoms with van der Waals surface area (Å²) in [5.74, 6) is -4.91. The van der Waals surface area contributed by atoms with Gasteiger partial charge in [0.05, 0.1) is 0 Å². The first-order chi connectivity index (χ1) is 27.6. The minimum absolute atomic E-state index is 0.0729. The highest BCUT2D eigenvalue weighted by Gasteiger charge is 2.52. The number of aromatic hydroxyl groups is 2. The number of aliphatic hydroxyl groups excluding tert-OH is 1. The number of hydrogen-bond acceptors (Lipinski definition) is 22. The van der Waals surface area contributed by atoms with Gasteiger partial charge in [0, 0.05) is 37.4 Å². The summed E-state index contributed by atoms with van der Waals surface area (Å²) in [6.07, 6.45) is -10.9. The quantitative estimate of drug-likeness (QED) is 0.0575. The standard InChI is InChI=1S/C18H24N4O18.C15H16O4/c23-11(1-5-19(28)29)36-9-10-15(38-12(24)2-6-20(30)31)16(39-13(25)3-7-21(32)33)17(18(27)37-10)40-14(26)4-8-22(34)35;1-8(2)4-5-10-11(16)7-13-14(15(10)18)12(17)6-9(3)19-13/h10,15-18,27H,1-9H2;4,6-7,16,18H,5H2,1-3H3. The van der Waals surface area contributed by atoms with Crippen molar-refractivity contribution in [2.24, 2.45) is 0 Å². The van der Waals surface area contributed by atoms with Crippen LogP contribution in [0, 0.1) is 47.4 Å². The highest BCUT2D eigenvalue weighted by atomic mass is 16.7. The molecular weight excluding hydrogens is 804 g/mol. The maximum atomic E-state index is 12.3. The summed E-state index contributed by atoms with van der Waals surface area (Å²) in [5, 5.41) is 72.9. The van der Waals surface area contributed by atoms with E-state index in [9.17, 15) is 79.7 Å². The van der Waals surface area contributed by atoms with Crippen molar-refractivity contribution in [2.45, 2.75) is 83.6 Å². The Bertz CT molecular complexity index is 1990. The van der Waals surface area contributed by atoms with Crippen molar-refractivity contribution in [2.75, 3.05) is 32.8 Å². The molecule has 26 heteroatoms. The molecule has 3 rings (SSSR count). The van der Waals surface area contributed by atoms with Gasteiger partial charge in [0.2, 0.25) is 26.2 Å². The van der Waals surface area contributed by atoms with Gasteiger partial charge in [0.1, 0.15) is 66.6 Å². The van der Waals surface area contributed by atoms with E-state index in [2.05, 4.69) is 0 Å². The molecule has 0 bridgehead atoms. The largest absolute Gasteiger partial charge is 0.507 e. The second-order valence-electron chi connectivity index (χ2n) is 12.6. The van der Waals surface area contributed by atoms with Gasteiger partial charge in [0.15, 0.2) is 30.0 Å². The molecule has 0 aliphatic carbocycles. The number of allylic oxidation sites excluding steroid dienone is 2. The topological polar surface area (TPSA) is 378 Å². The predicted octanol–water partition coefficient (Wildman–Crippen LogP) is 0.671. The number of aliphatic hydroxyl groups is 1. The Morgan fingerprint density at radius 2 is 1.20 bits per heavy atom. The third-order valence-corrected chi connectivity index (χ3v) is 7.73. The summed E-state index contributed by atoms with van der Waals surface area (Å²) in [6.45, 7) is 1.03. The molecule has 1 aromatic carbocycles. The van der Waals surface area contributed by atoms with Gasteiger partial charge in [-0.2, -0.15) is 0 Å². The predicted molar refractivity (Wildman–Crippen MR) is 191 cm³/mol. The number of hydrogen-bond donors (Lipinski definition) is 3. The van der Waals surface area contributed by atoms with Crippen molar-refractivity contribution >= 4 is 34.8 Å². The van der Waals surface area contributed by atoms with Gasteiger partial charge in [-0.1, -0.05) is 11.6 Å². The average Bonchev–Trinajstić information content (AvgIpc) is 3.12. The highest BCUT2D eigenvalue weighted by Crippen LogP contribution is 2.35. The Balaban J connectivity index is 0.000000521. The lowest BCUT2D eigenvalue weighted by Gasteiger charge is -2.42. The van der Waals surface area contributed by atoms with Crippen LogP contribution in [-0.4, -0.2) is 122 Å². The van der Waals surface area contributed by atoms with E-state index in [-0.39, 0.29) is 27.9 Å². The number of carbonyl (C=O) groups excluding carboxylic acids is 4. The number of nitrogens with zero attached hydrogens (tertiary/aromatic N) is 4. The highest BCUT2D eigenvalue weighted by molar-refractivity contribution is 5.86. The van der Waals surface area contributed by atoms with Gasteiger partial charge in [0.25, 0.3) is 0 Å².